The van der Waals surface area contributed by atoms with E-state index in [-0.39, 0.29) is 0 Å². The molecule has 2 heterocycles. The summed E-state index contributed by atoms with van der Waals surface area (Å²) in [6, 6.07) is 1.84. The van der Waals surface area contributed by atoms with Gasteiger partial charge >= 0.3 is 0 Å². The predicted octanol–water partition coefficient (Wildman–Crippen LogP) is 0.996. The van der Waals surface area contributed by atoms with Gasteiger partial charge in [0.15, 0.2) is 0 Å². The third-order valence-electron chi connectivity index (χ3n) is 1.87. The largest absolute Gasteiger partial charge is 0.364 e. The van der Waals surface area contributed by atoms with Gasteiger partial charge in [-0.15, -0.1) is 0 Å². The van der Waals surface area contributed by atoms with E-state index in [9.17, 15) is 0 Å². The van der Waals surface area contributed by atoms with Crippen molar-refractivity contribution in [2.24, 2.45) is 0 Å². The molecule has 0 atom stereocenters. The van der Waals surface area contributed by atoms with Crippen molar-refractivity contribution >= 4 is 0 Å². The second-order valence-corrected chi connectivity index (χ2v) is 3.09. The fourth-order valence-electron chi connectivity index (χ4n) is 1.22. The second kappa shape index (κ2) is 4.06. The van der Waals surface area contributed by atoms with Gasteiger partial charge in [0.05, 0.1) is 5.69 Å². The summed E-state index contributed by atoms with van der Waals surface area (Å²) >= 11 is 0. The Bertz CT molecular complexity index is 379. The van der Waals surface area contributed by atoms with Crippen LogP contribution in [0.1, 0.15) is 17.2 Å². The number of rotatable bonds is 4. The minimum Gasteiger partial charge on any atom is -0.364 e. The summed E-state index contributed by atoms with van der Waals surface area (Å²) in [5.41, 5.74) is 1.98. The number of nitrogens with zero attached hydrogens (tertiary/aromatic N) is 2. The molecule has 14 heavy (non-hydrogen) atoms. The fraction of sp³-hybridized carbons (Fsp3) is 0.333. The van der Waals surface area contributed by atoms with Gasteiger partial charge in [-0.1, -0.05) is 5.16 Å². The zero-order valence-electron chi connectivity index (χ0n) is 7.95. The number of H-pyrrole nitrogens is 1. The van der Waals surface area contributed by atoms with E-state index in [0.29, 0.717) is 6.54 Å². The molecule has 0 aliphatic carbocycles. The standard InChI is InChI=1S/C9H12N4O/c1-7-11-6-9(12-7)5-10-4-8-2-3-14-13-8/h2-3,6,10H,4-5H2,1H3,(H,11,12). The van der Waals surface area contributed by atoms with Crippen LogP contribution in [0.15, 0.2) is 23.0 Å². The maximum Gasteiger partial charge on any atom is 0.124 e. The Morgan fingerprint density at radius 2 is 2.43 bits per heavy atom. The lowest BCUT2D eigenvalue weighted by atomic mass is 10.4. The molecule has 0 unspecified atom stereocenters. The summed E-state index contributed by atoms with van der Waals surface area (Å²) < 4.78 is 4.71. The number of aromatic amines is 1. The first-order valence-corrected chi connectivity index (χ1v) is 4.45. The van der Waals surface area contributed by atoms with Crippen LogP contribution in [0.2, 0.25) is 0 Å². The Hall–Kier alpha value is -1.62. The zero-order chi connectivity index (χ0) is 9.80. The van der Waals surface area contributed by atoms with E-state index >= 15 is 0 Å². The summed E-state index contributed by atoms with van der Waals surface area (Å²) in [6.45, 7) is 3.39. The van der Waals surface area contributed by atoms with Crippen LogP contribution in [0.3, 0.4) is 0 Å². The molecule has 0 saturated heterocycles. The van der Waals surface area contributed by atoms with E-state index in [1.807, 2.05) is 19.2 Å². The van der Waals surface area contributed by atoms with Gasteiger partial charge in [-0.2, -0.15) is 0 Å². The third kappa shape index (κ3) is 2.20. The summed E-state index contributed by atoms with van der Waals surface area (Å²) in [4.78, 5) is 7.24. The SMILES string of the molecule is Cc1ncc(CNCc2ccon2)[nH]1. The minimum atomic E-state index is 0.703. The van der Waals surface area contributed by atoms with Gasteiger partial charge in [-0.05, 0) is 6.92 Å². The third-order valence-corrected chi connectivity index (χ3v) is 1.87. The molecule has 0 aliphatic rings. The van der Waals surface area contributed by atoms with Gasteiger partial charge in [-0.25, -0.2) is 4.98 Å². The lowest BCUT2D eigenvalue weighted by Gasteiger charge is -1.98. The Morgan fingerprint density at radius 1 is 1.50 bits per heavy atom. The average Bonchev–Trinajstić information content (AvgIpc) is 2.77. The molecule has 0 aromatic carbocycles. The first-order chi connectivity index (χ1) is 6.84. The topological polar surface area (TPSA) is 66.7 Å². The molecule has 5 heteroatoms. The molecule has 0 amide bonds. The highest BCUT2D eigenvalue weighted by molar-refractivity contribution is 5.00. The fourth-order valence-corrected chi connectivity index (χ4v) is 1.22. The molecule has 2 aromatic rings. The zero-order valence-corrected chi connectivity index (χ0v) is 7.95. The number of nitrogens with one attached hydrogen (secondary N) is 2. The van der Waals surface area contributed by atoms with Crippen molar-refractivity contribution in [2.75, 3.05) is 0 Å². The molecule has 0 fully saturated rings. The molecular formula is C9H12N4O. The van der Waals surface area contributed by atoms with Gasteiger partial charge < -0.3 is 14.8 Å². The quantitative estimate of drug-likeness (QED) is 0.758. The Labute approximate surface area is 81.5 Å². The number of imidazole rings is 1. The Morgan fingerprint density at radius 3 is 3.07 bits per heavy atom. The van der Waals surface area contributed by atoms with E-state index in [0.717, 1.165) is 23.8 Å². The molecule has 0 bridgehead atoms. The summed E-state index contributed by atoms with van der Waals surface area (Å²) in [7, 11) is 0. The van der Waals surface area contributed by atoms with Crippen LogP contribution in [0, 0.1) is 6.92 Å². The molecule has 5 nitrogen and oxygen atoms in total. The highest BCUT2D eigenvalue weighted by atomic mass is 16.5. The van der Waals surface area contributed by atoms with Gasteiger partial charge in [0.2, 0.25) is 0 Å². The Balaban J connectivity index is 1.78. The van der Waals surface area contributed by atoms with Gasteiger partial charge in [0.25, 0.3) is 0 Å². The molecule has 0 saturated carbocycles. The molecule has 2 aromatic heterocycles. The van der Waals surface area contributed by atoms with Crippen molar-refractivity contribution in [2.45, 2.75) is 20.0 Å². The molecule has 2 N–H and O–H groups in total. The van der Waals surface area contributed by atoms with Gasteiger partial charge in [-0.3, -0.25) is 0 Å². The average molecular weight is 192 g/mol. The highest BCUT2D eigenvalue weighted by Gasteiger charge is 1.98. The van der Waals surface area contributed by atoms with E-state index in [4.69, 9.17) is 4.52 Å². The van der Waals surface area contributed by atoms with Crippen LogP contribution in [0.5, 0.6) is 0 Å². The van der Waals surface area contributed by atoms with Crippen molar-refractivity contribution in [3.63, 3.8) is 0 Å². The van der Waals surface area contributed by atoms with Crippen molar-refractivity contribution in [3.8, 4) is 0 Å². The maximum atomic E-state index is 4.71. The van der Waals surface area contributed by atoms with E-state index in [1.54, 1.807) is 6.26 Å². The highest BCUT2D eigenvalue weighted by Crippen LogP contribution is 1.97. The van der Waals surface area contributed by atoms with Crippen molar-refractivity contribution in [3.05, 3.63) is 35.7 Å². The Kier molecular flexibility index (Phi) is 2.60. The van der Waals surface area contributed by atoms with Crippen LogP contribution in [0.25, 0.3) is 0 Å². The van der Waals surface area contributed by atoms with Crippen LogP contribution in [-0.4, -0.2) is 15.1 Å². The molecule has 2 rings (SSSR count). The summed E-state index contributed by atoms with van der Waals surface area (Å²) in [5, 5.41) is 7.01. The number of aromatic nitrogens is 3. The normalized spacial score (nSPS) is 10.6. The van der Waals surface area contributed by atoms with Crippen LogP contribution in [-0.2, 0) is 13.1 Å². The molecule has 0 spiro atoms. The van der Waals surface area contributed by atoms with Gasteiger partial charge in [0.1, 0.15) is 12.1 Å². The maximum absolute atomic E-state index is 4.71. The van der Waals surface area contributed by atoms with E-state index in [2.05, 4.69) is 20.4 Å². The van der Waals surface area contributed by atoms with Crippen LogP contribution in [0.4, 0.5) is 0 Å². The van der Waals surface area contributed by atoms with Crippen LogP contribution >= 0.6 is 0 Å². The van der Waals surface area contributed by atoms with Crippen molar-refractivity contribution < 1.29 is 4.52 Å². The first kappa shape index (κ1) is 8.96. The van der Waals surface area contributed by atoms with E-state index < -0.39 is 0 Å². The number of aryl methyl sites for hydroxylation is 1. The minimum absolute atomic E-state index is 0.703. The number of hydrogen-bond acceptors (Lipinski definition) is 4. The summed E-state index contributed by atoms with van der Waals surface area (Å²) in [6.07, 6.45) is 3.39. The smallest absolute Gasteiger partial charge is 0.124 e. The molecule has 0 aliphatic heterocycles. The lowest BCUT2D eigenvalue weighted by molar-refractivity contribution is 0.408. The number of hydrogen-bond donors (Lipinski definition) is 2. The van der Waals surface area contributed by atoms with Crippen molar-refractivity contribution in [1.82, 2.24) is 20.4 Å². The molecule has 74 valence electrons. The monoisotopic (exact) mass is 192 g/mol. The second-order valence-electron chi connectivity index (χ2n) is 3.09. The van der Waals surface area contributed by atoms with E-state index in [1.165, 1.54) is 0 Å². The predicted molar refractivity (Wildman–Crippen MR) is 50.4 cm³/mol. The van der Waals surface area contributed by atoms with Crippen molar-refractivity contribution in [1.29, 1.82) is 0 Å². The molecule has 0 radical (unpaired) electrons. The molecular weight excluding hydrogens is 180 g/mol. The lowest BCUT2D eigenvalue weighted by Crippen LogP contribution is -2.13. The first-order valence-electron chi connectivity index (χ1n) is 4.45. The summed E-state index contributed by atoms with van der Waals surface area (Å²) in [5.74, 6) is 0.934. The van der Waals surface area contributed by atoms with Crippen LogP contribution < -0.4 is 5.32 Å². The van der Waals surface area contributed by atoms with Gasteiger partial charge in [0, 0.05) is 31.0 Å².